The van der Waals surface area contributed by atoms with E-state index in [4.69, 9.17) is 0 Å². The quantitative estimate of drug-likeness (QED) is 0.693. The van der Waals surface area contributed by atoms with Gasteiger partial charge in [-0.1, -0.05) is 36.4 Å². The number of sulfone groups is 1. The molecule has 0 aliphatic carbocycles. The van der Waals surface area contributed by atoms with Gasteiger partial charge in [0.25, 0.3) is 0 Å². The van der Waals surface area contributed by atoms with Crippen molar-refractivity contribution >= 4 is 21.3 Å². The Kier molecular flexibility index (Phi) is 4.77. The van der Waals surface area contributed by atoms with Crippen LogP contribution in [-0.2, 0) is 9.84 Å². The van der Waals surface area contributed by atoms with Gasteiger partial charge in [-0.2, -0.15) is 0 Å². The maximum atomic E-state index is 12.6. The van der Waals surface area contributed by atoms with E-state index in [9.17, 15) is 8.42 Å². The molecule has 1 aliphatic rings. The molecule has 1 saturated heterocycles. The van der Waals surface area contributed by atoms with Gasteiger partial charge in [-0.3, -0.25) is 0 Å². The van der Waals surface area contributed by atoms with Crippen molar-refractivity contribution in [2.24, 2.45) is 0 Å². The van der Waals surface area contributed by atoms with Crippen LogP contribution in [0.3, 0.4) is 0 Å². The summed E-state index contributed by atoms with van der Waals surface area (Å²) in [6.07, 6.45) is 0. The number of hydrogen-bond acceptors (Lipinski definition) is 6. The van der Waals surface area contributed by atoms with E-state index in [-0.39, 0.29) is 9.92 Å². The van der Waals surface area contributed by atoms with E-state index in [2.05, 4.69) is 32.1 Å². The molecule has 0 N–H and O–H groups in total. The van der Waals surface area contributed by atoms with E-state index in [1.54, 1.807) is 36.4 Å². The molecule has 0 radical (unpaired) electrons. The second-order valence-electron chi connectivity index (χ2n) is 6.36. The van der Waals surface area contributed by atoms with Crippen molar-refractivity contribution in [1.82, 2.24) is 10.2 Å². The molecule has 0 saturated carbocycles. The van der Waals surface area contributed by atoms with Crippen LogP contribution in [0.2, 0.25) is 0 Å². The molecule has 3 aromatic rings. The van der Waals surface area contributed by atoms with Crippen LogP contribution >= 0.6 is 0 Å². The number of nitrogens with zero attached hydrogens (tertiary/aromatic N) is 4. The van der Waals surface area contributed by atoms with E-state index in [0.29, 0.717) is 5.82 Å². The van der Waals surface area contributed by atoms with Crippen LogP contribution in [0.4, 0.5) is 11.5 Å². The first-order chi connectivity index (χ1) is 13.1. The summed E-state index contributed by atoms with van der Waals surface area (Å²) in [6, 6.07) is 21.9. The van der Waals surface area contributed by atoms with E-state index < -0.39 is 9.84 Å². The summed E-state index contributed by atoms with van der Waals surface area (Å²) in [6.45, 7) is 3.40. The summed E-state index contributed by atoms with van der Waals surface area (Å²) in [5.41, 5.74) is 1.22. The molecule has 0 unspecified atom stereocenters. The second kappa shape index (κ2) is 7.36. The average molecular weight is 380 g/mol. The van der Waals surface area contributed by atoms with Crippen molar-refractivity contribution in [2.45, 2.75) is 9.92 Å². The van der Waals surface area contributed by atoms with Gasteiger partial charge in [0.05, 0.1) is 4.90 Å². The van der Waals surface area contributed by atoms with Crippen LogP contribution in [0, 0.1) is 0 Å². The Hall–Kier alpha value is -2.93. The smallest absolute Gasteiger partial charge is 0.225 e. The highest BCUT2D eigenvalue weighted by molar-refractivity contribution is 7.91. The molecule has 1 aromatic heterocycles. The molecule has 2 heterocycles. The van der Waals surface area contributed by atoms with E-state index in [1.165, 1.54) is 11.8 Å². The van der Waals surface area contributed by atoms with Crippen molar-refractivity contribution in [3.8, 4) is 0 Å². The molecule has 27 heavy (non-hydrogen) atoms. The van der Waals surface area contributed by atoms with Crippen LogP contribution in [0.5, 0.6) is 0 Å². The maximum Gasteiger partial charge on any atom is 0.225 e. The number of para-hydroxylation sites is 1. The summed E-state index contributed by atoms with van der Waals surface area (Å²) in [5.74, 6) is 0.703. The molecule has 7 heteroatoms. The monoisotopic (exact) mass is 380 g/mol. The van der Waals surface area contributed by atoms with Crippen LogP contribution in [-0.4, -0.2) is 44.8 Å². The summed E-state index contributed by atoms with van der Waals surface area (Å²) in [5, 5.41) is 8.13. The molecule has 1 fully saturated rings. The topological polar surface area (TPSA) is 66.4 Å². The molecular formula is C20H20N4O2S. The SMILES string of the molecule is O=S(=O)(c1ccccc1)c1ccc(N2CCN(c3ccccc3)CC2)nn1. The summed E-state index contributed by atoms with van der Waals surface area (Å²) >= 11 is 0. The number of rotatable bonds is 4. The highest BCUT2D eigenvalue weighted by Gasteiger charge is 2.22. The average Bonchev–Trinajstić information content (AvgIpc) is 2.75. The Balaban J connectivity index is 1.46. The van der Waals surface area contributed by atoms with E-state index in [0.717, 1.165) is 26.2 Å². The van der Waals surface area contributed by atoms with Crippen molar-refractivity contribution in [1.29, 1.82) is 0 Å². The minimum Gasteiger partial charge on any atom is -0.368 e. The fourth-order valence-corrected chi connectivity index (χ4v) is 4.33. The molecule has 0 amide bonds. The molecule has 0 atom stereocenters. The van der Waals surface area contributed by atoms with Gasteiger partial charge in [0.15, 0.2) is 10.8 Å². The third-order valence-electron chi connectivity index (χ3n) is 4.68. The highest BCUT2D eigenvalue weighted by atomic mass is 32.2. The lowest BCUT2D eigenvalue weighted by molar-refractivity contribution is 0.589. The van der Waals surface area contributed by atoms with Crippen LogP contribution in [0.15, 0.2) is 82.7 Å². The van der Waals surface area contributed by atoms with E-state index >= 15 is 0 Å². The summed E-state index contributed by atoms with van der Waals surface area (Å²) < 4.78 is 25.2. The fraction of sp³-hybridized carbons (Fsp3) is 0.200. The Morgan fingerprint density at radius 3 is 1.85 bits per heavy atom. The van der Waals surface area contributed by atoms with Crippen molar-refractivity contribution in [3.63, 3.8) is 0 Å². The van der Waals surface area contributed by atoms with Gasteiger partial charge < -0.3 is 9.80 Å². The molecule has 1 aliphatic heterocycles. The number of anilines is 2. The van der Waals surface area contributed by atoms with Gasteiger partial charge in [0.1, 0.15) is 0 Å². The van der Waals surface area contributed by atoms with Crippen molar-refractivity contribution < 1.29 is 8.42 Å². The first kappa shape index (κ1) is 17.5. The van der Waals surface area contributed by atoms with Crippen LogP contribution in [0.1, 0.15) is 0 Å². The zero-order chi connectivity index (χ0) is 18.7. The zero-order valence-electron chi connectivity index (χ0n) is 14.8. The molecule has 138 valence electrons. The van der Waals surface area contributed by atoms with Gasteiger partial charge in [-0.05, 0) is 36.4 Å². The number of benzene rings is 2. The number of aromatic nitrogens is 2. The maximum absolute atomic E-state index is 12.6. The lowest BCUT2D eigenvalue weighted by Crippen LogP contribution is -2.46. The largest absolute Gasteiger partial charge is 0.368 e. The van der Waals surface area contributed by atoms with Gasteiger partial charge >= 0.3 is 0 Å². The number of hydrogen-bond donors (Lipinski definition) is 0. The van der Waals surface area contributed by atoms with Crippen molar-refractivity contribution in [2.75, 3.05) is 36.0 Å². The molecule has 0 spiro atoms. The zero-order valence-corrected chi connectivity index (χ0v) is 15.6. The predicted octanol–water partition coefficient (Wildman–Crippen LogP) is 2.64. The van der Waals surface area contributed by atoms with Gasteiger partial charge in [0.2, 0.25) is 9.84 Å². The van der Waals surface area contributed by atoms with E-state index in [1.807, 2.05) is 18.2 Å². The molecular weight excluding hydrogens is 360 g/mol. The third-order valence-corrected chi connectivity index (χ3v) is 6.34. The first-order valence-corrected chi connectivity index (χ1v) is 10.3. The fourth-order valence-electron chi connectivity index (χ4n) is 3.18. The highest BCUT2D eigenvalue weighted by Crippen LogP contribution is 2.21. The standard InChI is InChI=1S/C20H20N4O2S/c25-27(26,18-9-5-2-6-10-18)20-12-11-19(21-22-20)24-15-13-23(14-16-24)17-7-3-1-4-8-17/h1-12H,13-16H2. The Bertz CT molecular complexity index is 985. The predicted molar refractivity (Wildman–Crippen MR) is 105 cm³/mol. The van der Waals surface area contributed by atoms with Crippen LogP contribution < -0.4 is 9.80 Å². The summed E-state index contributed by atoms with van der Waals surface area (Å²) in [7, 11) is -3.63. The number of piperazine rings is 1. The minimum atomic E-state index is -3.63. The first-order valence-electron chi connectivity index (χ1n) is 8.83. The lowest BCUT2D eigenvalue weighted by atomic mass is 10.2. The van der Waals surface area contributed by atoms with Crippen molar-refractivity contribution in [3.05, 3.63) is 72.8 Å². The van der Waals surface area contributed by atoms with Gasteiger partial charge in [0, 0.05) is 31.9 Å². The normalized spacial score (nSPS) is 15.0. The summed E-state index contributed by atoms with van der Waals surface area (Å²) in [4.78, 5) is 4.69. The Morgan fingerprint density at radius 1 is 0.667 bits per heavy atom. The minimum absolute atomic E-state index is 0.0274. The third kappa shape index (κ3) is 3.64. The van der Waals surface area contributed by atoms with Gasteiger partial charge in [-0.25, -0.2) is 8.42 Å². The lowest BCUT2D eigenvalue weighted by Gasteiger charge is -2.36. The second-order valence-corrected chi connectivity index (χ2v) is 8.25. The Morgan fingerprint density at radius 2 is 1.26 bits per heavy atom. The molecule has 0 bridgehead atoms. The Labute approximate surface area is 159 Å². The molecule has 2 aromatic carbocycles. The van der Waals surface area contributed by atoms with Crippen LogP contribution in [0.25, 0.3) is 0 Å². The molecule has 4 rings (SSSR count). The molecule has 6 nitrogen and oxygen atoms in total. The van der Waals surface area contributed by atoms with Gasteiger partial charge in [-0.15, -0.1) is 10.2 Å².